The molecule has 0 N–H and O–H groups in total. The summed E-state index contributed by atoms with van der Waals surface area (Å²) in [6.45, 7) is 3.91. The van der Waals surface area contributed by atoms with Crippen LogP contribution < -0.4 is 0 Å². The number of hydrogen-bond donors (Lipinski definition) is 0. The van der Waals surface area contributed by atoms with Crippen LogP contribution in [0.2, 0.25) is 0 Å². The summed E-state index contributed by atoms with van der Waals surface area (Å²) in [6.07, 6.45) is 3.94. The van der Waals surface area contributed by atoms with Crippen LogP contribution in [0.25, 0.3) is 0 Å². The van der Waals surface area contributed by atoms with E-state index in [0.717, 1.165) is 24.8 Å². The molecular formula is C14H20O3S. The van der Waals surface area contributed by atoms with Crippen molar-refractivity contribution < 1.29 is 12.6 Å². The average molecular weight is 268 g/mol. The minimum absolute atomic E-state index is 0.162. The SMILES string of the molecule is CCC(OS(=O)(=O)c1ccc(C)cc1)C1CCC1. The molecule has 0 heterocycles. The van der Waals surface area contributed by atoms with E-state index < -0.39 is 10.1 Å². The van der Waals surface area contributed by atoms with Gasteiger partial charge in [0.15, 0.2) is 0 Å². The van der Waals surface area contributed by atoms with Gasteiger partial charge in [-0.1, -0.05) is 31.0 Å². The molecule has 1 saturated carbocycles. The van der Waals surface area contributed by atoms with Gasteiger partial charge in [0.2, 0.25) is 0 Å². The summed E-state index contributed by atoms with van der Waals surface area (Å²) in [6, 6.07) is 6.80. The Morgan fingerprint density at radius 2 is 1.89 bits per heavy atom. The molecule has 100 valence electrons. The van der Waals surface area contributed by atoms with E-state index in [9.17, 15) is 8.42 Å². The van der Waals surface area contributed by atoms with Crippen molar-refractivity contribution in [3.8, 4) is 0 Å². The summed E-state index contributed by atoms with van der Waals surface area (Å²) < 4.78 is 29.7. The molecule has 18 heavy (non-hydrogen) atoms. The molecule has 4 heteroatoms. The van der Waals surface area contributed by atoms with Crippen LogP contribution >= 0.6 is 0 Å². The summed E-state index contributed by atoms with van der Waals surface area (Å²) in [7, 11) is -3.61. The van der Waals surface area contributed by atoms with Crippen molar-refractivity contribution in [1.29, 1.82) is 0 Å². The fraction of sp³-hybridized carbons (Fsp3) is 0.571. The Labute approximate surface area is 109 Å². The largest absolute Gasteiger partial charge is 0.297 e. The highest BCUT2D eigenvalue weighted by Gasteiger charge is 2.31. The molecular weight excluding hydrogens is 248 g/mol. The van der Waals surface area contributed by atoms with Crippen molar-refractivity contribution in [2.45, 2.75) is 50.5 Å². The molecule has 1 unspecified atom stereocenters. The highest BCUT2D eigenvalue weighted by atomic mass is 32.2. The molecule has 1 aliphatic carbocycles. The first kappa shape index (κ1) is 13.6. The van der Waals surface area contributed by atoms with Crippen LogP contribution in [-0.4, -0.2) is 14.5 Å². The Balaban J connectivity index is 2.12. The fourth-order valence-corrected chi connectivity index (χ4v) is 3.41. The van der Waals surface area contributed by atoms with Crippen molar-refractivity contribution in [1.82, 2.24) is 0 Å². The molecule has 1 fully saturated rings. The lowest BCUT2D eigenvalue weighted by molar-refractivity contribution is 0.0866. The van der Waals surface area contributed by atoms with E-state index in [1.165, 1.54) is 6.42 Å². The molecule has 0 spiro atoms. The summed E-state index contributed by atoms with van der Waals surface area (Å²) in [4.78, 5) is 0.255. The topological polar surface area (TPSA) is 43.4 Å². The van der Waals surface area contributed by atoms with Crippen molar-refractivity contribution in [2.24, 2.45) is 5.92 Å². The van der Waals surface area contributed by atoms with Gasteiger partial charge in [0.05, 0.1) is 11.0 Å². The lowest BCUT2D eigenvalue weighted by Gasteiger charge is -2.32. The standard InChI is InChI=1S/C14H20O3S/c1-3-14(12-5-4-6-12)17-18(15,16)13-9-7-11(2)8-10-13/h7-10,12,14H,3-6H2,1-2H3. The first-order valence-corrected chi connectivity index (χ1v) is 7.93. The van der Waals surface area contributed by atoms with Crippen LogP contribution in [0.15, 0.2) is 29.2 Å². The fourth-order valence-electron chi connectivity index (χ4n) is 2.21. The number of aryl methyl sites for hydroxylation is 1. The minimum Gasteiger partial charge on any atom is -0.263 e. The normalized spacial score (nSPS) is 18.3. The zero-order valence-corrected chi connectivity index (χ0v) is 11.7. The second-order valence-corrected chi connectivity index (χ2v) is 6.57. The third-order valence-electron chi connectivity index (χ3n) is 3.64. The maximum Gasteiger partial charge on any atom is 0.297 e. The van der Waals surface area contributed by atoms with E-state index in [0.29, 0.717) is 5.92 Å². The molecule has 3 nitrogen and oxygen atoms in total. The first-order chi connectivity index (χ1) is 8.53. The zero-order valence-electron chi connectivity index (χ0n) is 10.9. The van der Waals surface area contributed by atoms with Gasteiger partial charge in [-0.05, 0) is 44.2 Å². The molecule has 0 aliphatic heterocycles. The highest BCUT2D eigenvalue weighted by molar-refractivity contribution is 7.86. The van der Waals surface area contributed by atoms with E-state index in [-0.39, 0.29) is 11.0 Å². The molecule has 0 amide bonds. The summed E-state index contributed by atoms with van der Waals surface area (Å²) in [5, 5.41) is 0. The maximum atomic E-state index is 12.1. The molecule has 1 aromatic carbocycles. The smallest absolute Gasteiger partial charge is 0.263 e. The quantitative estimate of drug-likeness (QED) is 0.770. The second kappa shape index (κ2) is 5.41. The summed E-state index contributed by atoms with van der Waals surface area (Å²) >= 11 is 0. The van der Waals surface area contributed by atoms with Gasteiger partial charge in [0, 0.05) is 0 Å². The predicted octanol–water partition coefficient (Wildman–Crippen LogP) is 3.28. The maximum absolute atomic E-state index is 12.1. The molecule has 1 aliphatic rings. The van der Waals surface area contributed by atoms with Gasteiger partial charge in [0.25, 0.3) is 10.1 Å². The Morgan fingerprint density at radius 3 is 2.33 bits per heavy atom. The van der Waals surface area contributed by atoms with Crippen LogP contribution in [0.4, 0.5) is 0 Å². The molecule has 1 atom stereocenters. The monoisotopic (exact) mass is 268 g/mol. The third-order valence-corrected chi connectivity index (χ3v) is 4.99. The molecule has 0 saturated heterocycles. The number of hydrogen-bond acceptors (Lipinski definition) is 3. The lowest BCUT2D eigenvalue weighted by atomic mass is 9.80. The van der Waals surface area contributed by atoms with Crippen LogP contribution in [-0.2, 0) is 14.3 Å². The van der Waals surface area contributed by atoms with Crippen LogP contribution in [0.5, 0.6) is 0 Å². The van der Waals surface area contributed by atoms with Gasteiger partial charge in [-0.2, -0.15) is 8.42 Å². The van der Waals surface area contributed by atoms with Crippen molar-refractivity contribution in [3.05, 3.63) is 29.8 Å². The number of rotatable bonds is 5. The van der Waals surface area contributed by atoms with E-state index in [2.05, 4.69) is 0 Å². The Hall–Kier alpha value is -0.870. The molecule has 2 rings (SSSR count). The van der Waals surface area contributed by atoms with Crippen LogP contribution in [0.3, 0.4) is 0 Å². The number of benzene rings is 1. The van der Waals surface area contributed by atoms with Gasteiger partial charge in [-0.15, -0.1) is 0 Å². The van der Waals surface area contributed by atoms with Crippen molar-refractivity contribution in [3.63, 3.8) is 0 Å². The second-order valence-electron chi connectivity index (χ2n) is 5.00. The zero-order chi connectivity index (χ0) is 13.2. The first-order valence-electron chi connectivity index (χ1n) is 6.53. The minimum atomic E-state index is -3.61. The van der Waals surface area contributed by atoms with Crippen LogP contribution in [0, 0.1) is 12.8 Å². The molecule has 0 aromatic heterocycles. The van der Waals surface area contributed by atoms with E-state index in [1.54, 1.807) is 24.3 Å². The van der Waals surface area contributed by atoms with Gasteiger partial charge >= 0.3 is 0 Å². The summed E-state index contributed by atoms with van der Waals surface area (Å²) in [5.41, 5.74) is 1.04. The molecule has 1 aromatic rings. The van der Waals surface area contributed by atoms with E-state index >= 15 is 0 Å². The van der Waals surface area contributed by atoms with Crippen molar-refractivity contribution in [2.75, 3.05) is 0 Å². The van der Waals surface area contributed by atoms with Gasteiger partial charge in [-0.3, -0.25) is 4.18 Å². The Kier molecular flexibility index (Phi) is 4.07. The van der Waals surface area contributed by atoms with E-state index in [4.69, 9.17) is 4.18 Å². The van der Waals surface area contributed by atoms with Gasteiger partial charge in [0.1, 0.15) is 0 Å². The lowest BCUT2D eigenvalue weighted by Crippen LogP contribution is -2.31. The average Bonchev–Trinajstić information content (AvgIpc) is 2.26. The third kappa shape index (κ3) is 2.93. The van der Waals surface area contributed by atoms with Crippen molar-refractivity contribution >= 4 is 10.1 Å². The van der Waals surface area contributed by atoms with Gasteiger partial charge < -0.3 is 0 Å². The molecule has 0 radical (unpaired) electrons. The Morgan fingerprint density at radius 1 is 1.28 bits per heavy atom. The molecule has 0 bridgehead atoms. The summed E-state index contributed by atoms with van der Waals surface area (Å²) in [5.74, 6) is 0.412. The predicted molar refractivity (Wildman–Crippen MR) is 70.9 cm³/mol. The highest BCUT2D eigenvalue weighted by Crippen LogP contribution is 2.34. The Bertz CT molecular complexity index is 486. The van der Waals surface area contributed by atoms with Gasteiger partial charge in [-0.25, -0.2) is 0 Å². The van der Waals surface area contributed by atoms with Crippen LogP contribution in [0.1, 0.15) is 38.2 Å². The van der Waals surface area contributed by atoms with E-state index in [1.807, 2.05) is 13.8 Å².